The van der Waals surface area contributed by atoms with E-state index in [4.69, 9.17) is 0 Å². The van der Waals surface area contributed by atoms with Gasteiger partial charge in [-0.1, -0.05) is 45.0 Å². The van der Waals surface area contributed by atoms with Crippen molar-refractivity contribution in [3.8, 4) is 5.75 Å². The van der Waals surface area contributed by atoms with Gasteiger partial charge in [0.05, 0.1) is 0 Å². The van der Waals surface area contributed by atoms with Crippen molar-refractivity contribution < 1.29 is 9.90 Å². The van der Waals surface area contributed by atoms with E-state index >= 15 is 0 Å². The minimum Gasteiger partial charge on any atom is -0.507 e. The van der Waals surface area contributed by atoms with E-state index in [-0.39, 0.29) is 11.2 Å². The zero-order valence-electron chi connectivity index (χ0n) is 10.3. The van der Waals surface area contributed by atoms with Gasteiger partial charge in [0.25, 0.3) is 0 Å². The van der Waals surface area contributed by atoms with Crippen LogP contribution in [-0.4, -0.2) is 11.4 Å². The molecule has 0 saturated heterocycles. The highest BCUT2D eigenvalue weighted by Gasteiger charge is 2.21. The third-order valence-corrected chi connectivity index (χ3v) is 2.99. The quantitative estimate of drug-likeness (QED) is 0.756. The van der Waals surface area contributed by atoms with Crippen LogP contribution in [0.15, 0.2) is 30.3 Å². The Morgan fingerprint density at radius 1 is 1.12 bits per heavy atom. The summed E-state index contributed by atoms with van der Waals surface area (Å²) in [6, 6.07) is 9.12. The monoisotopic (exact) mass is 228 g/mol. The molecule has 17 heavy (non-hydrogen) atoms. The first-order valence-electron chi connectivity index (χ1n) is 5.65. The molecule has 0 bridgehead atoms. The fraction of sp³-hybridized carbons (Fsp3) is 0.267. The smallest absolute Gasteiger partial charge is 0.150 e. The second kappa shape index (κ2) is 3.88. The van der Waals surface area contributed by atoms with Gasteiger partial charge in [0.2, 0.25) is 0 Å². The molecule has 0 atom stereocenters. The van der Waals surface area contributed by atoms with Gasteiger partial charge in [-0.2, -0.15) is 0 Å². The highest BCUT2D eigenvalue weighted by molar-refractivity contribution is 6.02. The number of phenols is 1. The molecular formula is C15H16O2. The van der Waals surface area contributed by atoms with Crippen LogP contribution in [0, 0.1) is 0 Å². The number of fused-ring (bicyclic) bond motifs is 1. The highest BCUT2D eigenvalue weighted by atomic mass is 16.3. The first kappa shape index (κ1) is 11.6. The molecule has 2 heteroatoms. The van der Waals surface area contributed by atoms with Crippen LogP contribution >= 0.6 is 0 Å². The van der Waals surface area contributed by atoms with Gasteiger partial charge in [0, 0.05) is 10.9 Å². The fourth-order valence-corrected chi connectivity index (χ4v) is 2.13. The number of carbonyl (C=O) groups excluding carboxylic acids is 1. The van der Waals surface area contributed by atoms with Crippen LogP contribution in [0.5, 0.6) is 5.75 Å². The SMILES string of the molecule is CC(C)(C)c1cc(O)c2ccccc2c1C=O. The fourth-order valence-electron chi connectivity index (χ4n) is 2.13. The molecular weight excluding hydrogens is 212 g/mol. The van der Waals surface area contributed by atoms with E-state index in [0.717, 1.165) is 22.6 Å². The third-order valence-electron chi connectivity index (χ3n) is 2.99. The van der Waals surface area contributed by atoms with Crippen LogP contribution in [0.1, 0.15) is 36.7 Å². The summed E-state index contributed by atoms with van der Waals surface area (Å²) in [5, 5.41) is 11.6. The molecule has 0 saturated carbocycles. The minimum atomic E-state index is -0.169. The van der Waals surface area contributed by atoms with E-state index in [0.29, 0.717) is 5.56 Å². The third kappa shape index (κ3) is 1.91. The molecule has 0 aliphatic heterocycles. The van der Waals surface area contributed by atoms with Crippen LogP contribution < -0.4 is 0 Å². The molecule has 0 unspecified atom stereocenters. The van der Waals surface area contributed by atoms with Crippen molar-refractivity contribution in [2.75, 3.05) is 0 Å². The zero-order valence-corrected chi connectivity index (χ0v) is 10.3. The Bertz CT molecular complexity index is 577. The number of hydrogen-bond donors (Lipinski definition) is 1. The molecule has 2 nitrogen and oxygen atoms in total. The standard InChI is InChI=1S/C15H16O2/c1-15(2,3)13-8-14(17)11-7-5-4-6-10(11)12(13)9-16/h4-9,17H,1-3H3. The first-order chi connectivity index (χ1) is 7.95. The summed E-state index contributed by atoms with van der Waals surface area (Å²) in [4.78, 5) is 11.3. The Balaban J connectivity index is 2.92. The van der Waals surface area contributed by atoms with Gasteiger partial charge in [-0.3, -0.25) is 4.79 Å². The lowest BCUT2D eigenvalue weighted by atomic mass is 9.82. The highest BCUT2D eigenvalue weighted by Crippen LogP contribution is 2.35. The molecule has 0 aromatic heterocycles. The van der Waals surface area contributed by atoms with Crippen LogP contribution in [0.2, 0.25) is 0 Å². The maximum absolute atomic E-state index is 11.3. The Labute approximate surface area is 101 Å². The van der Waals surface area contributed by atoms with Crippen molar-refractivity contribution in [1.82, 2.24) is 0 Å². The lowest BCUT2D eigenvalue weighted by Crippen LogP contribution is -2.14. The summed E-state index contributed by atoms with van der Waals surface area (Å²) in [7, 11) is 0. The molecule has 1 N–H and O–H groups in total. The van der Waals surface area contributed by atoms with E-state index in [2.05, 4.69) is 0 Å². The normalized spacial score (nSPS) is 11.7. The number of rotatable bonds is 1. The topological polar surface area (TPSA) is 37.3 Å². The Morgan fingerprint density at radius 3 is 2.24 bits per heavy atom. The summed E-state index contributed by atoms with van der Waals surface area (Å²) < 4.78 is 0. The van der Waals surface area contributed by atoms with Crippen molar-refractivity contribution >= 4 is 17.1 Å². The molecule has 2 aromatic rings. The molecule has 0 aliphatic rings. The second-order valence-electron chi connectivity index (χ2n) is 5.27. The molecule has 2 aromatic carbocycles. The van der Waals surface area contributed by atoms with Gasteiger partial charge in [0.15, 0.2) is 6.29 Å². The largest absolute Gasteiger partial charge is 0.507 e. The van der Waals surface area contributed by atoms with E-state index in [1.165, 1.54) is 0 Å². The Kier molecular flexibility index (Phi) is 2.66. The van der Waals surface area contributed by atoms with Crippen molar-refractivity contribution in [2.45, 2.75) is 26.2 Å². The van der Waals surface area contributed by atoms with Crippen molar-refractivity contribution in [3.05, 3.63) is 41.5 Å². The van der Waals surface area contributed by atoms with Crippen molar-refractivity contribution in [1.29, 1.82) is 0 Å². The van der Waals surface area contributed by atoms with Crippen LogP contribution in [-0.2, 0) is 5.41 Å². The second-order valence-corrected chi connectivity index (χ2v) is 5.27. The maximum atomic E-state index is 11.3. The van der Waals surface area contributed by atoms with Gasteiger partial charge in [0.1, 0.15) is 5.75 Å². The zero-order chi connectivity index (χ0) is 12.6. The first-order valence-corrected chi connectivity index (χ1v) is 5.65. The average Bonchev–Trinajstić information content (AvgIpc) is 2.28. The molecule has 88 valence electrons. The number of aromatic hydroxyl groups is 1. The lowest BCUT2D eigenvalue weighted by Gasteiger charge is -2.22. The van der Waals surface area contributed by atoms with Gasteiger partial charge >= 0.3 is 0 Å². The predicted molar refractivity (Wildman–Crippen MR) is 69.7 cm³/mol. The molecule has 0 radical (unpaired) electrons. The van der Waals surface area contributed by atoms with E-state index in [1.54, 1.807) is 6.07 Å². The summed E-state index contributed by atoms with van der Waals surface area (Å²) in [5.41, 5.74) is 1.38. The Hall–Kier alpha value is -1.83. The summed E-state index contributed by atoms with van der Waals surface area (Å²) in [6.45, 7) is 6.09. The molecule has 2 rings (SSSR count). The molecule has 0 spiro atoms. The van der Waals surface area contributed by atoms with Gasteiger partial charge in [-0.25, -0.2) is 0 Å². The van der Waals surface area contributed by atoms with Crippen LogP contribution in [0.3, 0.4) is 0 Å². The summed E-state index contributed by atoms with van der Waals surface area (Å²) in [6.07, 6.45) is 0.877. The Morgan fingerprint density at radius 2 is 1.71 bits per heavy atom. The molecule has 0 heterocycles. The minimum absolute atomic E-state index is 0.169. The van der Waals surface area contributed by atoms with Gasteiger partial charge < -0.3 is 5.11 Å². The molecule has 0 amide bonds. The number of benzene rings is 2. The average molecular weight is 228 g/mol. The number of carbonyl (C=O) groups is 1. The molecule has 0 fully saturated rings. The van der Waals surface area contributed by atoms with Crippen LogP contribution in [0.4, 0.5) is 0 Å². The van der Waals surface area contributed by atoms with E-state index in [1.807, 2.05) is 45.0 Å². The predicted octanol–water partition coefficient (Wildman–Crippen LogP) is 3.66. The number of hydrogen-bond acceptors (Lipinski definition) is 2. The lowest BCUT2D eigenvalue weighted by molar-refractivity contribution is 0.112. The van der Waals surface area contributed by atoms with Gasteiger partial charge in [-0.05, 0) is 22.4 Å². The van der Waals surface area contributed by atoms with E-state index < -0.39 is 0 Å². The maximum Gasteiger partial charge on any atom is 0.150 e. The van der Waals surface area contributed by atoms with E-state index in [9.17, 15) is 9.90 Å². The van der Waals surface area contributed by atoms with Crippen LogP contribution in [0.25, 0.3) is 10.8 Å². The van der Waals surface area contributed by atoms with Gasteiger partial charge in [-0.15, -0.1) is 0 Å². The summed E-state index contributed by atoms with van der Waals surface area (Å²) in [5.74, 6) is 0.233. The van der Waals surface area contributed by atoms with Crippen molar-refractivity contribution in [3.63, 3.8) is 0 Å². The molecule has 0 aliphatic carbocycles. The van der Waals surface area contributed by atoms with Crippen molar-refractivity contribution in [2.24, 2.45) is 0 Å². The number of phenolic OH excluding ortho intramolecular Hbond substituents is 1. The number of aldehydes is 1. The summed E-state index contributed by atoms with van der Waals surface area (Å²) >= 11 is 0.